The fourth-order valence-electron chi connectivity index (χ4n) is 2.68. The third-order valence-corrected chi connectivity index (χ3v) is 4.42. The van der Waals surface area contributed by atoms with E-state index in [0.29, 0.717) is 41.3 Å². The molecular weight excluding hydrogens is 380 g/mol. The minimum absolute atomic E-state index is 0.547. The topological polar surface area (TPSA) is 87.1 Å². The zero-order valence-corrected chi connectivity index (χ0v) is 15.9. The van der Waals surface area contributed by atoms with Crippen LogP contribution in [-0.2, 0) is 12.8 Å². The quantitative estimate of drug-likeness (QED) is 0.450. The van der Waals surface area contributed by atoms with Gasteiger partial charge in [-0.05, 0) is 55.0 Å². The molecule has 2 aromatic carbocycles. The number of aromatic nitrogens is 4. The van der Waals surface area contributed by atoms with Gasteiger partial charge in [0.25, 0.3) is 0 Å². The summed E-state index contributed by atoms with van der Waals surface area (Å²) in [6.07, 6.45) is 2.01. The molecule has 0 N–H and O–H groups in total. The molecule has 0 radical (unpaired) electrons. The normalized spacial score (nSPS) is 10.9. The predicted molar refractivity (Wildman–Crippen MR) is 103 cm³/mol. The van der Waals surface area contributed by atoms with E-state index in [9.17, 15) is 0 Å². The summed E-state index contributed by atoms with van der Waals surface area (Å²) in [5.74, 6) is 3.03. The third kappa shape index (κ3) is 4.20. The van der Waals surface area contributed by atoms with E-state index < -0.39 is 0 Å². The molecule has 8 heteroatoms. The van der Waals surface area contributed by atoms with E-state index in [2.05, 4.69) is 20.3 Å². The van der Waals surface area contributed by atoms with Gasteiger partial charge in [0, 0.05) is 29.0 Å². The SMILES string of the molecule is COc1ccc(-c2noc(CCCc3nc(-c4ccc(Cl)cc4)no3)n2)cc1. The van der Waals surface area contributed by atoms with Crippen LogP contribution >= 0.6 is 11.6 Å². The molecule has 0 unspecified atom stereocenters. The van der Waals surface area contributed by atoms with Crippen LogP contribution in [0.4, 0.5) is 0 Å². The van der Waals surface area contributed by atoms with Gasteiger partial charge in [-0.15, -0.1) is 0 Å². The Balaban J connectivity index is 1.33. The summed E-state index contributed by atoms with van der Waals surface area (Å²) in [6.45, 7) is 0. The number of halogens is 1. The Kier molecular flexibility index (Phi) is 5.34. The van der Waals surface area contributed by atoms with Crippen molar-refractivity contribution < 1.29 is 13.8 Å². The van der Waals surface area contributed by atoms with Crippen LogP contribution in [0.25, 0.3) is 22.8 Å². The molecular formula is C20H17ClN4O3. The number of methoxy groups -OCH3 is 1. The van der Waals surface area contributed by atoms with Crippen molar-refractivity contribution in [2.45, 2.75) is 19.3 Å². The van der Waals surface area contributed by atoms with Crippen molar-refractivity contribution in [2.75, 3.05) is 7.11 Å². The van der Waals surface area contributed by atoms with E-state index in [0.717, 1.165) is 23.3 Å². The lowest BCUT2D eigenvalue weighted by Gasteiger charge is -1.98. The predicted octanol–water partition coefficient (Wildman–Crippen LogP) is 4.62. The molecule has 0 aliphatic carbocycles. The summed E-state index contributed by atoms with van der Waals surface area (Å²) in [5.41, 5.74) is 1.74. The Bertz CT molecular complexity index is 1040. The van der Waals surface area contributed by atoms with Crippen molar-refractivity contribution in [1.29, 1.82) is 0 Å². The summed E-state index contributed by atoms with van der Waals surface area (Å²) in [5, 5.41) is 8.71. The number of nitrogens with zero attached hydrogens (tertiary/aromatic N) is 4. The molecule has 7 nitrogen and oxygen atoms in total. The third-order valence-electron chi connectivity index (χ3n) is 4.17. The summed E-state index contributed by atoms with van der Waals surface area (Å²) >= 11 is 5.90. The summed E-state index contributed by atoms with van der Waals surface area (Å²) in [6, 6.07) is 14.8. The number of aryl methyl sites for hydroxylation is 2. The standard InChI is InChI=1S/C20H17ClN4O3/c1-26-16-11-7-14(8-12-16)20-23-18(28-25-20)4-2-3-17-22-19(24-27-17)13-5-9-15(21)10-6-13/h5-12H,2-4H2,1H3. The Morgan fingerprint density at radius 3 is 1.79 bits per heavy atom. The Morgan fingerprint density at radius 2 is 1.29 bits per heavy atom. The molecule has 0 saturated carbocycles. The largest absolute Gasteiger partial charge is 0.497 e. The van der Waals surface area contributed by atoms with E-state index in [-0.39, 0.29) is 0 Å². The van der Waals surface area contributed by atoms with E-state index in [1.54, 1.807) is 19.2 Å². The van der Waals surface area contributed by atoms with Crippen molar-refractivity contribution in [2.24, 2.45) is 0 Å². The second-order valence-corrected chi connectivity index (χ2v) is 6.55. The van der Waals surface area contributed by atoms with Crippen molar-refractivity contribution in [1.82, 2.24) is 20.3 Å². The zero-order chi connectivity index (χ0) is 19.3. The molecule has 28 heavy (non-hydrogen) atoms. The van der Waals surface area contributed by atoms with Gasteiger partial charge in [-0.3, -0.25) is 0 Å². The molecule has 2 aromatic heterocycles. The first-order valence-electron chi connectivity index (χ1n) is 8.77. The molecule has 0 bridgehead atoms. The van der Waals surface area contributed by atoms with E-state index in [4.69, 9.17) is 25.4 Å². The van der Waals surface area contributed by atoms with Crippen LogP contribution in [0.15, 0.2) is 57.6 Å². The number of benzene rings is 2. The minimum atomic E-state index is 0.547. The van der Waals surface area contributed by atoms with Gasteiger partial charge in [-0.1, -0.05) is 21.9 Å². The highest BCUT2D eigenvalue weighted by atomic mass is 35.5. The smallest absolute Gasteiger partial charge is 0.226 e. The Morgan fingerprint density at radius 1 is 0.786 bits per heavy atom. The van der Waals surface area contributed by atoms with E-state index in [1.165, 1.54) is 0 Å². The number of ether oxygens (including phenoxy) is 1. The van der Waals surface area contributed by atoms with Crippen LogP contribution in [0.1, 0.15) is 18.2 Å². The highest BCUT2D eigenvalue weighted by Crippen LogP contribution is 2.21. The van der Waals surface area contributed by atoms with Crippen LogP contribution in [0.5, 0.6) is 5.75 Å². The van der Waals surface area contributed by atoms with Crippen molar-refractivity contribution >= 4 is 11.6 Å². The first-order chi connectivity index (χ1) is 13.7. The number of rotatable bonds is 7. The fourth-order valence-corrected chi connectivity index (χ4v) is 2.80. The molecule has 0 spiro atoms. The molecule has 0 saturated heterocycles. The van der Waals surface area contributed by atoms with Gasteiger partial charge in [0.1, 0.15) is 5.75 Å². The highest BCUT2D eigenvalue weighted by molar-refractivity contribution is 6.30. The molecule has 4 aromatic rings. The number of hydrogen-bond acceptors (Lipinski definition) is 7. The monoisotopic (exact) mass is 396 g/mol. The van der Waals surface area contributed by atoms with Crippen LogP contribution in [0, 0.1) is 0 Å². The molecule has 0 fully saturated rings. The average Bonchev–Trinajstić information content (AvgIpc) is 3.39. The number of hydrogen-bond donors (Lipinski definition) is 0. The van der Waals surface area contributed by atoms with Crippen molar-refractivity contribution in [3.63, 3.8) is 0 Å². The maximum Gasteiger partial charge on any atom is 0.226 e. The molecule has 0 aliphatic rings. The Hall–Kier alpha value is -3.19. The van der Waals surface area contributed by atoms with Crippen LogP contribution in [0.3, 0.4) is 0 Å². The van der Waals surface area contributed by atoms with Gasteiger partial charge in [0.15, 0.2) is 0 Å². The van der Waals surface area contributed by atoms with E-state index >= 15 is 0 Å². The lowest BCUT2D eigenvalue weighted by Crippen LogP contribution is -1.91. The lowest BCUT2D eigenvalue weighted by molar-refractivity contribution is 0.360. The second kappa shape index (κ2) is 8.22. The van der Waals surface area contributed by atoms with Crippen molar-refractivity contribution in [3.8, 4) is 28.5 Å². The molecule has 0 amide bonds. The van der Waals surface area contributed by atoms with Crippen LogP contribution in [-0.4, -0.2) is 27.4 Å². The highest BCUT2D eigenvalue weighted by Gasteiger charge is 2.11. The van der Waals surface area contributed by atoms with Gasteiger partial charge < -0.3 is 13.8 Å². The van der Waals surface area contributed by atoms with E-state index in [1.807, 2.05) is 36.4 Å². The summed E-state index contributed by atoms with van der Waals surface area (Å²) in [7, 11) is 1.63. The summed E-state index contributed by atoms with van der Waals surface area (Å²) in [4.78, 5) is 8.84. The second-order valence-electron chi connectivity index (χ2n) is 6.11. The molecule has 4 rings (SSSR count). The maximum atomic E-state index is 5.90. The summed E-state index contributed by atoms with van der Waals surface area (Å²) < 4.78 is 15.8. The molecule has 0 atom stereocenters. The van der Waals surface area contributed by atoms with Crippen LogP contribution < -0.4 is 4.74 Å². The van der Waals surface area contributed by atoms with Crippen molar-refractivity contribution in [3.05, 3.63) is 65.3 Å². The first kappa shape index (κ1) is 18.2. The van der Waals surface area contributed by atoms with Gasteiger partial charge in [0.2, 0.25) is 23.4 Å². The van der Waals surface area contributed by atoms with Gasteiger partial charge in [-0.2, -0.15) is 9.97 Å². The van der Waals surface area contributed by atoms with Gasteiger partial charge in [0.05, 0.1) is 7.11 Å². The fraction of sp³-hybridized carbons (Fsp3) is 0.200. The Labute approximate surface area is 166 Å². The zero-order valence-electron chi connectivity index (χ0n) is 15.1. The maximum absolute atomic E-state index is 5.90. The van der Waals surface area contributed by atoms with Gasteiger partial charge >= 0.3 is 0 Å². The molecule has 0 aliphatic heterocycles. The molecule has 2 heterocycles. The average molecular weight is 397 g/mol. The lowest BCUT2D eigenvalue weighted by atomic mass is 10.2. The van der Waals surface area contributed by atoms with Crippen LogP contribution in [0.2, 0.25) is 5.02 Å². The first-order valence-corrected chi connectivity index (χ1v) is 9.14. The van der Waals surface area contributed by atoms with Gasteiger partial charge in [-0.25, -0.2) is 0 Å². The minimum Gasteiger partial charge on any atom is -0.497 e. The molecule has 142 valence electrons.